The van der Waals surface area contributed by atoms with Gasteiger partial charge in [-0.15, -0.1) is 0 Å². The van der Waals surface area contributed by atoms with Gasteiger partial charge in [0, 0.05) is 6.42 Å². The van der Waals surface area contributed by atoms with Crippen LogP contribution in [-0.2, 0) is 9.53 Å². The van der Waals surface area contributed by atoms with Crippen molar-refractivity contribution in [2.75, 3.05) is 26.7 Å². The van der Waals surface area contributed by atoms with E-state index in [9.17, 15) is 4.79 Å². The maximum absolute atomic E-state index is 11.0. The van der Waals surface area contributed by atoms with Crippen molar-refractivity contribution in [1.29, 1.82) is 0 Å². The first kappa shape index (κ1) is 14.4. The number of carbonyl (C=O) groups excluding carboxylic acids is 1. The molecular formula is C12H25NO2. The van der Waals surface area contributed by atoms with Gasteiger partial charge in [0.15, 0.2) is 0 Å². The van der Waals surface area contributed by atoms with E-state index in [4.69, 9.17) is 4.74 Å². The summed E-state index contributed by atoms with van der Waals surface area (Å²) >= 11 is 0. The summed E-state index contributed by atoms with van der Waals surface area (Å²) in [6, 6.07) is 0. The van der Waals surface area contributed by atoms with Crippen LogP contribution in [0.1, 0.15) is 46.0 Å². The Labute approximate surface area is 93.8 Å². The highest BCUT2D eigenvalue weighted by molar-refractivity contribution is 5.69. The van der Waals surface area contributed by atoms with Crippen LogP contribution in [0.3, 0.4) is 0 Å². The fourth-order valence-electron chi connectivity index (χ4n) is 1.55. The number of rotatable bonds is 9. The first-order chi connectivity index (χ1) is 7.20. The molecule has 0 radical (unpaired) electrons. The van der Waals surface area contributed by atoms with E-state index in [1.54, 1.807) is 0 Å². The fraction of sp³-hybridized carbons (Fsp3) is 0.917. The van der Waals surface area contributed by atoms with E-state index in [1.165, 1.54) is 12.8 Å². The second-order valence-electron chi connectivity index (χ2n) is 3.92. The Kier molecular flexibility index (Phi) is 9.59. The Bertz CT molecular complexity index is 160. The summed E-state index contributed by atoms with van der Waals surface area (Å²) in [5.41, 5.74) is 0. The molecule has 0 aromatic carbocycles. The van der Waals surface area contributed by atoms with Crippen LogP contribution < -0.4 is 0 Å². The Morgan fingerprint density at radius 1 is 1.13 bits per heavy atom. The maximum Gasteiger partial charge on any atom is 0.305 e. The molecular weight excluding hydrogens is 190 g/mol. The maximum atomic E-state index is 11.0. The van der Waals surface area contributed by atoms with E-state index in [2.05, 4.69) is 18.9 Å². The minimum Gasteiger partial charge on any atom is -0.466 e. The van der Waals surface area contributed by atoms with Gasteiger partial charge in [-0.05, 0) is 46.3 Å². The molecule has 0 aliphatic heterocycles. The fourth-order valence-corrected chi connectivity index (χ4v) is 1.55. The lowest BCUT2D eigenvalue weighted by Gasteiger charge is -2.14. The molecule has 0 rings (SSSR count). The summed E-state index contributed by atoms with van der Waals surface area (Å²) in [7, 11) is 2.15. The number of hydrogen-bond donors (Lipinski definition) is 0. The van der Waals surface area contributed by atoms with Gasteiger partial charge in [-0.25, -0.2) is 0 Å². The number of hydrogen-bond acceptors (Lipinski definition) is 3. The Balaban J connectivity index is 3.20. The van der Waals surface area contributed by atoms with Gasteiger partial charge in [-0.3, -0.25) is 4.79 Å². The van der Waals surface area contributed by atoms with Crippen molar-refractivity contribution < 1.29 is 9.53 Å². The lowest BCUT2D eigenvalue weighted by atomic mass is 10.2. The van der Waals surface area contributed by atoms with Gasteiger partial charge in [0.1, 0.15) is 0 Å². The van der Waals surface area contributed by atoms with Gasteiger partial charge in [0.25, 0.3) is 0 Å². The number of ether oxygens (including phenoxy) is 1. The zero-order valence-corrected chi connectivity index (χ0v) is 10.4. The molecule has 0 atom stereocenters. The molecule has 0 saturated heterocycles. The van der Waals surface area contributed by atoms with Crippen LogP contribution in [0.4, 0.5) is 0 Å². The zero-order valence-electron chi connectivity index (χ0n) is 10.4. The summed E-state index contributed by atoms with van der Waals surface area (Å²) < 4.78 is 4.86. The molecule has 15 heavy (non-hydrogen) atoms. The van der Waals surface area contributed by atoms with E-state index in [1.807, 2.05) is 6.92 Å². The quantitative estimate of drug-likeness (QED) is 0.437. The molecule has 0 aliphatic carbocycles. The topological polar surface area (TPSA) is 29.5 Å². The Morgan fingerprint density at radius 3 is 2.47 bits per heavy atom. The molecule has 0 spiro atoms. The Hall–Kier alpha value is -0.570. The summed E-state index contributed by atoms with van der Waals surface area (Å²) in [5.74, 6) is -0.0561. The second kappa shape index (κ2) is 9.97. The largest absolute Gasteiger partial charge is 0.466 e. The van der Waals surface area contributed by atoms with Crippen LogP contribution in [0.5, 0.6) is 0 Å². The standard InChI is InChI=1S/C12H25NO2/c1-4-10-13(3)11-8-6-7-9-12(14)15-5-2/h4-11H2,1-3H3. The van der Waals surface area contributed by atoms with Crippen LogP contribution in [0.25, 0.3) is 0 Å². The third-order valence-electron chi connectivity index (χ3n) is 2.33. The van der Waals surface area contributed by atoms with E-state index in [0.717, 1.165) is 25.9 Å². The molecule has 0 aliphatic rings. The summed E-state index contributed by atoms with van der Waals surface area (Å²) in [6.45, 7) is 6.83. The molecule has 0 saturated carbocycles. The molecule has 3 nitrogen and oxygen atoms in total. The first-order valence-electron chi connectivity index (χ1n) is 6.04. The molecule has 0 heterocycles. The molecule has 0 aromatic heterocycles. The third-order valence-corrected chi connectivity index (χ3v) is 2.33. The van der Waals surface area contributed by atoms with Crippen molar-refractivity contribution in [2.45, 2.75) is 46.0 Å². The molecule has 0 fully saturated rings. The third kappa shape index (κ3) is 9.73. The molecule has 0 N–H and O–H groups in total. The zero-order chi connectivity index (χ0) is 11.5. The van der Waals surface area contributed by atoms with Gasteiger partial charge in [-0.2, -0.15) is 0 Å². The van der Waals surface area contributed by atoms with Crippen molar-refractivity contribution in [3.8, 4) is 0 Å². The number of unbranched alkanes of at least 4 members (excludes halogenated alkanes) is 2. The smallest absolute Gasteiger partial charge is 0.305 e. The molecule has 0 amide bonds. The van der Waals surface area contributed by atoms with Crippen LogP contribution >= 0.6 is 0 Å². The van der Waals surface area contributed by atoms with E-state index < -0.39 is 0 Å². The highest BCUT2D eigenvalue weighted by atomic mass is 16.5. The van der Waals surface area contributed by atoms with Crippen LogP contribution in [0.15, 0.2) is 0 Å². The molecule has 90 valence electrons. The van der Waals surface area contributed by atoms with Gasteiger partial charge < -0.3 is 9.64 Å². The SMILES string of the molecule is CCCN(C)CCCCCC(=O)OCC. The summed E-state index contributed by atoms with van der Waals surface area (Å²) in [6.07, 6.45) is 5.03. The highest BCUT2D eigenvalue weighted by Crippen LogP contribution is 2.02. The predicted octanol–water partition coefficient (Wildman–Crippen LogP) is 2.45. The van der Waals surface area contributed by atoms with Gasteiger partial charge in [0.05, 0.1) is 6.61 Å². The van der Waals surface area contributed by atoms with E-state index in [0.29, 0.717) is 13.0 Å². The van der Waals surface area contributed by atoms with Gasteiger partial charge in [-0.1, -0.05) is 13.3 Å². The van der Waals surface area contributed by atoms with Crippen LogP contribution in [-0.4, -0.2) is 37.6 Å². The molecule has 3 heteroatoms. The second-order valence-corrected chi connectivity index (χ2v) is 3.92. The number of nitrogens with zero attached hydrogens (tertiary/aromatic N) is 1. The van der Waals surface area contributed by atoms with Crippen molar-refractivity contribution in [3.05, 3.63) is 0 Å². The van der Waals surface area contributed by atoms with Crippen LogP contribution in [0.2, 0.25) is 0 Å². The molecule has 0 aromatic rings. The van der Waals surface area contributed by atoms with Crippen molar-refractivity contribution in [2.24, 2.45) is 0 Å². The van der Waals surface area contributed by atoms with Crippen molar-refractivity contribution in [3.63, 3.8) is 0 Å². The Morgan fingerprint density at radius 2 is 1.87 bits per heavy atom. The average molecular weight is 215 g/mol. The monoisotopic (exact) mass is 215 g/mol. The van der Waals surface area contributed by atoms with E-state index in [-0.39, 0.29) is 5.97 Å². The summed E-state index contributed by atoms with van der Waals surface area (Å²) in [5, 5.41) is 0. The van der Waals surface area contributed by atoms with Gasteiger partial charge >= 0.3 is 5.97 Å². The van der Waals surface area contributed by atoms with Crippen LogP contribution in [0, 0.1) is 0 Å². The lowest BCUT2D eigenvalue weighted by Crippen LogP contribution is -2.20. The minimum absolute atomic E-state index is 0.0561. The van der Waals surface area contributed by atoms with Crippen molar-refractivity contribution >= 4 is 5.97 Å². The van der Waals surface area contributed by atoms with E-state index >= 15 is 0 Å². The predicted molar refractivity (Wildman–Crippen MR) is 62.9 cm³/mol. The normalized spacial score (nSPS) is 10.7. The average Bonchev–Trinajstić information content (AvgIpc) is 2.18. The molecule has 0 unspecified atom stereocenters. The highest BCUT2D eigenvalue weighted by Gasteiger charge is 2.01. The summed E-state index contributed by atoms with van der Waals surface area (Å²) in [4.78, 5) is 13.3. The first-order valence-corrected chi connectivity index (χ1v) is 6.04. The number of esters is 1. The molecule has 0 bridgehead atoms. The van der Waals surface area contributed by atoms with Crippen molar-refractivity contribution in [1.82, 2.24) is 4.90 Å². The number of carbonyl (C=O) groups is 1. The lowest BCUT2D eigenvalue weighted by molar-refractivity contribution is -0.143. The van der Waals surface area contributed by atoms with Gasteiger partial charge in [0.2, 0.25) is 0 Å². The minimum atomic E-state index is -0.0561.